The molecular formula is C18H25BrO2. The van der Waals surface area contributed by atoms with E-state index < -0.39 is 5.60 Å². The van der Waals surface area contributed by atoms with Gasteiger partial charge in [-0.3, -0.25) is 0 Å². The van der Waals surface area contributed by atoms with Gasteiger partial charge in [0.1, 0.15) is 0 Å². The summed E-state index contributed by atoms with van der Waals surface area (Å²) in [6.07, 6.45) is 7.64. The average Bonchev–Trinajstić information content (AvgIpc) is 2.89. The van der Waals surface area contributed by atoms with E-state index in [1.54, 1.807) is 0 Å². The van der Waals surface area contributed by atoms with Crippen LogP contribution in [0, 0.1) is 5.92 Å². The first-order valence-corrected chi connectivity index (χ1v) is 8.89. The summed E-state index contributed by atoms with van der Waals surface area (Å²) >= 11 is 3.46. The minimum Gasteiger partial charge on any atom is -0.390 e. The Morgan fingerprint density at radius 2 is 1.95 bits per heavy atom. The van der Waals surface area contributed by atoms with Crippen LogP contribution in [0.2, 0.25) is 0 Å². The van der Waals surface area contributed by atoms with Crippen LogP contribution < -0.4 is 0 Å². The predicted molar refractivity (Wildman–Crippen MR) is 88.3 cm³/mol. The second-order valence-corrected chi connectivity index (χ2v) is 8.00. The van der Waals surface area contributed by atoms with Gasteiger partial charge in [0.05, 0.1) is 11.2 Å². The number of hydrogen-bond donors (Lipinski definition) is 1. The second-order valence-electron chi connectivity index (χ2n) is 7.09. The van der Waals surface area contributed by atoms with Crippen LogP contribution in [0.15, 0.2) is 28.7 Å². The van der Waals surface area contributed by atoms with Gasteiger partial charge in [0, 0.05) is 17.5 Å². The number of rotatable bonds is 3. The molecule has 0 bridgehead atoms. The maximum Gasteiger partial charge on any atom is 0.0689 e. The number of benzene rings is 1. The van der Waals surface area contributed by atoms with E-state index in [9.17, 15) is 5.11 Å². The highest BCUT2D eigenvalue weighted by molar-refractivity contribution is 9.10. The molecule has 2 fully saturated rings. The second kappa shape index (κ2) is 6.02. The van der Waals surface area contributed by atoms with Gasteiger partial charge < -0.3 is 9.84 Å². The quantitative estimate of drug-likeness (QED) is 0.868. The molecule has 1 aromatic rings. The van der Waals surface area contributed by atoms with Crippen molar-refractivity contribution >= 4 is 15.9 Å². The van der Waals surface area contributed by atoms with Crippen molar-refractivity contribution in [2.24, 2.45) is 5.92 Å². The van der Waals surface area contributed by atoms with Gasteiger partial charge in [-0.1, -0.05) is 40.9 Å². The zero-order valence-corrected chi connectivity index (χ0v) is 14.4. The van der Waals surface area contributed by atoms with Crippen molar-refractivity contribution < 1.29 is 9.84 Å². The fraction of sp³-hybridized carbons (Fsp3) is 0.667. The van der Waals surface area contributed by atoms with Gasteiger partial charge in [-0.15, -0.1) is 0 Å². The lowest BCUT2D eigenvalue weighted by atomic mass is 9.73. The summed E-state index contributed by atoms with van der Waals surface area (Å²) in [4.78, 5) is 0. The molecule has 3 rings (SSSR count). The molecule has 1 heterocycles. The average molecular weight is 353 g/mol. The molecule has 1 aliphatic heterocycles. The first kappa shape index (κ1) is 15.5. The van der Waals surface area contributed by atoms with E-state index in [4.69, 9.17) is 4.74 Å². The molecule has 2 aliphatic rings. The maximum atomic E-state index is 11.0. The largest absolute Gasteiger partial charge is 0.390 e. The highest BCUT2D eigenvalue weighted by Gasteiger charge is 2.45. The summed E-state index contributed by atoms with van der Waals surface area (Å²) in [7, 11) is 0. The topological polar surface area (TPSA) is 29.5 Å². The van der Waals surface area contributed by atoms with Gasteiger partial charge in [0.25, 0.3) is 0 Å². The van der Waals surface area contributed by atoms with Crippen LogP contribution >= 0.6 is 15.9 Å². The summed E-state index contributed by atoms with van der Waals surface area (Å²) in [5.74, 6) is 0.341. The SMILES string of the molecule is CC(O)(Cc1ccc(Br)cc1)C1CCOC2(CCCC2)C1. The Morgan fingerprint density at radius 3 is 2.62 bits per heavy atom. The molecule has 2 atom stereocenters. The van der Waals surface area contributed by atoms with Gasteiger partial charge in [0.15, 0.2) is 0 Å². The third-order valence-corrected chi connectivity index (χ3v) is 5.89. The van der Waals surface area contributed by atoms with Gasteiger partial charge in [-0.05, 0) is 56.2 Å². The molecule has 3 heteroatoms. The van der Waals surface area contributed by atoms with Crippen LogP contribution in [0.1, 0.15) is 51.0 Å². The van der Waals surface area contributed by atoms with Crippen molar-refractivity contribution in [3.05, 3.63) is 34.3 Å². The summed E-state index contributed by atoms with van der Waals surface area (Å²) in [5.41, 5.74) is 0.634. The Labute approximate surface area is 136 Å². The molecule has 0 radical (unpaired) electrons. The van der Waals surface area contributed by atoms with Gasteiger partial charge in [-0.2, -0.15) is 0 Å². The molecule has 1 saturated heterocycles. The molecule has 21 heavy (non-hydrogen) atoms. The van der Waals surface area contributed by atoms with Crippen LogP contribution in [-0.4, -0.2) is 22.9 Å². The minimum absolute atomic E-state index is 0.0760. The van der Waals surface area contributed by atoms with Crippen molar-refractivity contribution in [2.45, 2.75) is 63.1 Å². The monoisotopic (exact) mass is 352 g/mol. The third kappa shape index (κ3) is 3.52. The van der Waals surface area contributed by atoms with E-state index >= 15 is 0 Å². The minimum atomic E-state index is -0.646. The van der Waals surface area contributed by atoms with E-state index in [1.165, 1.54) is 31.2 Å². The summed E-state index contributed by atoms with van der Waals surface area (Å²) < 4.78 is 7.19. The molecule has 0 aromatic heterocycles. The molecule has 2 nitrogen and oxygen atoms in total. The predicted octanol–water partition coefficient (Wildman–Crippen LogP) is 4.48. The Kier molecular flexibility index (Phi) is 4.45. The Bertz CT molecular complexity index is 474. The molecule has 1 spiro atoms. The highest BCUT2D eigenvalue weighted by atomic mass is 79.9. The summed E-state index contributed by atoms with van der Waals surface area (Å²) in [6, 6.07) is 8.30. The van der Waals surface area contributed by atoms with Crippen LogP contribution in [-0.2, 0) is 11.2 Å². The molecule has 116 valence electrons. The van der Waals surface area contributed by atoms with Crippen molar-refractivity contribution in [1.29, 1.82) is 0 Å². The summed E-state index contributed by atoms with van der Waals surface area (Å²) in [5, 5.41) is 11.0. The fourth-order valence-corrected chi connectivity index (χ4v) is 4.35. The number of halogens is 1. The molecule has 1 aromatic carbocycles. The van der Waals surface area contributed by atoms with E-state index in [0.29, 0.717) is 5.92 Å². The third-order valence-electron chi connectivity index (χ3n) is 5.36. The first-order valence-electron chi connectivity index (χ1n) is 8.10. The Morgan fingerprint density at radius 1 is 1.29 bits per heavy atom. The Balaban J connectivity index is 1.70. The normalized spacial score (nSPS) is 27.7. The van der Waals surface area contributed by atoms with Crippen molar-refractivity contribution in [3.63, 3.8) is 0 Å². The molecule has 2 unspecified atom stereocenters. The maximum absolute atomic E-state index is 11.0. The van der Waals surface area contributed by atoms with Crippen LogP contribution in [0.4, 0.5) is 0 Å². The van der Waals surface area contributed by atoms with E-state index in [1.807, 2.05) is 19.1 Å². The molecule has 1 N–H and O–H groups in total. The van der Waals surface area contributed by atoms with Crippen LogP contribution in [0.3, 0.4) is 0 Å². The van der Waals surface area contributed by atoms with Crippen LogP contribution in [0.25, 0.3) is 0 Å². The standard InChI is InChI=1S/C18H25BrO2/c1-17(20,12-14-4-6-16(19)7-5-14)15-8-11-21-18(13-15)9-2-3-10-18/h4-7,15,20H,2-3,8-13H2,1H3. The summed E-state index contributed by atoms with van der Waals surface area (Å²) in [6.45, 7) is 2.81. The van der Waals surface area contributed by atoms with Gasteiger partial charge in [-0.25, -0.2) is 0 Å². The molecular weight excluding hydrogens is 328 g/mol. The highest BCUT2D eigenvalue weighted by Crippen LogP contribution is 2.45. The number of ether oxygens (including phenoxy) is 1. The zero-order valence-electron chi connectivity index (χ0n) is 12.8. The number of hydrogen-bond acceptors (Lipinski definition) is 2. The Hall–Kier alpha value is -0.380. The molecule has 1 saturated carbocycles. The van der Waals surface area contributed by atoms with Crippen LogP contribution in [0.5, 0.6) is 0 Å². The van der Waals surface area contributed by atoms with E-state index in [0.717, 1.165) is 30.3 Å². The van der Waals surface area contributed by atoms with E-state index in [2.05, 4.69) is 28.1 Å². The first-order chi connectivity index (χ1) is 9.99. The zero-order chi connectivity index (χ0) is 14.9. The van der Waals surface area contributed by atoms with E-state index in [-0.39, 0.29) is 5.60 Å². The lowest BCUT2D eigenvalue weighted by molar-refractivity contribution is -0.135. The fourth-order valence-electron chi connectivity index (χ4n) is 4.09. The lowest BCUT2D eigenvalue weighted by Crippen LogP contribution is -2.47. The van der Waals surface area contributed by atoms with Crippen molar-refractivity contribution in [2.75, 3.05) is 6.61 Å². The smallest absolute Gasteiger partial charge is 0.0689 e. The van der Waals surface area contributed by atoms with Gasteiger partial charge >= 0.3 is 0 Å². The van der Waals surface area contributed by atoms with Crippen molar-refractivity contribution in [1.82, 2.24) is 0 Å². The van der Waals surface area contributed by atoms with Crippen molar-refractivity contribution in [3.8, 4) is 0 Å². The molecule has 0 amide bonds. The lowest BCUT2D eigenvalue weighted by Gasteiger charge is -2.44. The molecule has 1 aliphatic carbocycles. The van der Waals surface area contributed by atoms with Gasteiger partial charge in [0.2, 0.25) is 0 Å². The number of aliphatic hydroxyl groups is 1.